The zero-order valence-corrected chi connectivity index (χ0v) is 16.3. The molecule has 0 unspecified atom stereocenters. The monoisotopic (exact) mass is 459 g/mol. The van der Waals surface area contributed by atoms with Crippen molar-refractivity contribution in [3.05, 3.63) is 11.5 Å². The molecule has 4 aliphatic rings. The summed E-state index contributed by atoms with van der Waals surface area (Å²) in [6, 6.07) is -0.945. The van der Waals surface area contributed by atoms with Crippen LogP contribution in [0.3, 0.4) is 0 Å². The van der Waals surface area contributed by atoms with Gasteiger partial charge in [0.2, 0.25) is 17.5 Å². The summed E-state index contributed by atoms with van der Waals surface area (Å²) in [4.78, 5) is 50.1. The van der Waals surface area contributed by atoms with Crippen LogP contribution in [0.25, 0.3) is 0 Å². The van der Waals surface area contributed by atoms with Gasteiger partial charge in [-0.05, 0) is 23.3 Å². The van der Waals surface area contributed by atoms with Crippen molar-refractivity contribution in [2.45, 2.75) is 48.8 Å². The van der Waals surface area contributed by atoms with Gasteiger partial charge in [0.25, 0.3) is 5.91 Å². The number of hydrogen-bond donors (Lipinski definition) is 2. The molecular formula is C16H18N7NaO6S. The Kier molecular flexibility index (Phi) is 5.98. The maximum atomic E-state index is 12.5. The number of amides is 3. The van der Waals surface area contributed by atoms with Crippen molar-refractivity contribution in [2.24, 2.45) is 0 Å². The maximum absolute atomic E-state index is 12.5. The summed E-state index contributed by atoms with van der Waals surface area (Å²) in [6.07, 6.45) is 2.02. The van der Waals surface area contributed by atoms with Crippen LogP contribution in [0.5, 0.6) is 0 Å². The number of carboxylic acid groups (broad SMARTS) is 1. The minimum absolute atomic E-state index is 0. The van der Waals surface area contributed by atoms with Gasteiger partial charge in [0, 0.05) is 6.04 Å². The van der Waals surface area contributed by atoms with E-state index >= 15 is 0 Å². The summed E-state index contributed by atoms with van der Waals surface area (Å²) in [6.45, 7) is 0.157. The molecule has 4 heterocycles. The molecule has 31 heavy (non-hydrogen) atoms. The number of ether oxygens (including phenoxy) is 1. The number of rotatable bonds is 8. The molecule has 1 aromatic rings. The van der Waals surface area contributed by atoms with Gasteiger partial charge >= 0.3 is 35.5 Å². The molecule has 2 saturated heterocycles. The van der Waals surface area contributed by atoms with E-state index in [0.717, 1.165) is 24.6 Å². The second-order valence-corrected chi connectivity index (χ2v) is 8.37. The van der Waals surface area contributed by atoms with Gasteiger partial charge in [-0.25, -0.2) is 9.48 Å². The van der Waals surface area contributed by atoms with E-state index in [-0.39, 0.29) is 71.8 Å². The molecule has 3 aliphatic heterocycles. The average Bonchev–Trinajstić information content (AvgIpc) is 3.29. The minimum atomic E-state index is -1.29. The van der Waals surface area contributed by atoms with Gasteiger partial charge in [0.15, 0.2) is 5.70 Å². The third kappa shape index (κ3) is 3.81. The average molecular weight is 459 g/mol. The zero-order chi connectivity index (χ0) is 21.0. The van der Waals surface area contributed by atoms with Gasteiger partial charge in [0.05, 0.1) is 12.3 Å². The Labute approximate surface area is 201 Å². The summed E-state index contributed by atoms with van der Waals surface area (Å²) in [5.41, 5.74) is -0.233. The Morgan fingerprint density at radius 1 is 1.35 bits per heavy atom. The van der Waals surface area contributed by atoms with Crippen LogP contribution < -0.4 is 5.32 Å². The van der Waals surface area contributed by atoms with Crippen molar-refractivity contribution in [1.29, 1.82) is 0 Å². The first-order valence-corrected chi connectivity index (χ1v) is 10.3. The fourth-order valence-corrected chi connectivity index (χ4v) is 4.78. The topological polar surface area (TPSA) is 160 Å². The Morgan fingerprint density at radius 2 is 2.13 bits per heavy atom. The second kappa shape index (κ2) is 8.41. The predicted molar refractivity (Wildman–Crippen MR) is 104 cm³/mol. The van der Waals surface area contributed by atoms with Gasteiger partial charge in [-0.2, -0.15) is 0 Å². The van der Waals surface area contributed by atoms with Gasteiger partial charge in [-0.15, -0.1) is 5.10 Å². The molecule has 1 aliphatic carbocycles. The molecule has 15 heteroatoms. The van der Waals surface area contributed by atoms with Crippen LogP contribution in [0.15, 0.2) is 16.6 Å². The molecular weight excluding hydrogens is 441 g/mol. The number of thioether (sulfide) groups is 1. The molecule has 13 nitrogen and oxygen atoms in total. The number of carbonyl (C=O) groups excluding carboxylic acids is 3. The number of hydrogen-bond acceptors (Lipinski definition) is 9. The van der Waals surface area contributed by atoms with Gasteiger partial charge < -0.3 is 20.1 Å². The van der Waals surface area contributed by atoms with Crippen molar-refractivity contribution in [2.75, 3.05) is 12.3 Å². The molecule has 5 rings (SSSR count). The zero-order valence-electron chi connectivity index (χ0n) is 15.5. The van der Waals surface area contributed by atoms with Gasteiger partial charge in [-0.1, -0.05) is 11.8 Å². The standard InChI is InChI=1S/C16H17N7O6S.Na.H/c24-6-21-3-8-11-13(21)14(26)23(11)12(15(27)28)9(29-8)5-30-16-18-19-20-22(16)4-10(25)17-7-1-2-7;;/h6-8,11,13H,1-5H2,(H,17,25)(H,27,28);;/t8-,11-,13+;;/m1../s1. The summed E-state index contributed by atoms with van der Waals surface area (Å²) in [5, 5.41) is 24.1. The number of aliphatic carboxylic acids is 1. The van der Waals surface area contributed by atoms with E-state index in [1.54, 1.807) is 0 Å². The Balaban J connectivity index is 0.00000231. The van der Waals surface area contributed by atoms with Crippen LogP contribution in [0.1, 0.15) is 12.8 Å². The second-order valence-electron chi connectivity index (χ2n) is 7.43. The molecule has 160 valence electrons. The summed E-state index contributed by atoms with van der Waals surface area (Å²) in [7, 11) is 0. The van der Waals surface area contributed by atoms with Crippen molar-refractivity contribution in [3.63, 3.8) is 0 Å². The van der Waals surface area contributed by atoms with Crippen LogP contribution in [0.4, 0.5) is 0 Å². The molecule has 3 atom stereocenters. The molecule has 0 spiro atoms. The number of tetrazole rings is 1. The first-order chi connectivity index (χ1) is 14.5. The molecule has 3 amide bonds. The number of carboxylic acids is 1. The molecule has 0 radical (unpaired) electrons. The van der Waals surface area contributed by atoms with E-state index in [4.69, 9.17) is 4.74 Å². The number of carbonyl (C=O) groups is 4. The Hall–Kier alpha value is -2.16. The normalized spacial score (nSPS) is 25.9. The van der Waals surface area contributed by atoms with E-state index in [9.17, 15) is 24.3 Å². The van der Waals surface area contributed by atoms with E-state index in [1.165, 1.54) is 14.5 Å². The van der Waals surface area contributed by atoms with E-state index in [1.807, 2.05) is 0 Å². The predicted octanol–water partition coefficient (Wildman–Crippen LogP) is -2.86. The molecule has 0 bridgehead atoms. The van der Waals surface area contributed by atoms with Crippen molar-refractivity contribution < 1.29 is 29.0 Å². The SMILES string of the molecule is O=CN1C[C@H]2OC(CSc3nnnn3CC(=O)NC3CC3)=C(C(=O)O)N3C(=O)[C@@H]1[C@@H]23.[NaH]. The Morgan fingerprint density at radius 3 is 2.81 bits per heavy atom. The molecule has 1 saturated carbocycles. The third-order valence-corrected chi connectivity index (χ3v) is 6.40. The van der Waals surface area contributed by atoms with Crippen LogP contribution in [0, 0.1) is 0 Å². The molecule has 3 fully saturated rings. The third-order valence-electron chi connectivity index (χ3n) is 5.44. The fraction of sp³-hybridized carbons (Fsp3) is 0.562. The summed E-state index contributed by atoms with van der Waals surface area (Å²) in [5.74, 6) is -1.77. The van der Waals surface area contributed by atoms with Gasteiger partial charge in [-0.3, -0.25) is 19.3 Å². The van der Waals surface area contributed by atoms with E-state index in [0.29, 0.717) is 11.6 Å². The molecule has 1 aromatic heterocycles. The van der Waals surface area contributed by atoms with Crippen LogP contribution in [0.2, 0.25) is 0 Å². The van der Waals surface area contributed by atoms with E-state index in [2.05, 4.69) is 20.8 Å². The Bertz CT molecular complexity index is 981. The van der Waals surface area contributed by atoms with Crippen molar-refractivity contribution in [3.8, 4) is 0 Å². The first kappa shape index (κ1) is 22.0. The number of β-lactam (4-membered cyclic amide) rings is 1. The molecule has 2 N–H and O–H groups in total. The van der Waals surface area contributed by atoms with Gasteiger partial charge in [0.1, 0.15) is 30.5 Å². The van der Waals surface area contributed by atoms with Crippen molar-refractivity contribution in [1.82, 2.24) is 35.3 Å². The van der Waals surface area contributed by atoms with Crippen molar-refractivity contribution >= 4 is 65.5 Å². The number of likely N-dealkylation sites (tertiary alicyclic amines) is 1. The first-order valence-electron chi connectivity index (χ1n) is 9.33. The van der Waals surface area contributed by atoms with Crippen LogP contribution in [-0.2, 0) is 30.5 Å². The quantitative estimate of drug-likeness (QED) is 0.179. The summed E-state index contributed by atoms with van der Waals surface area (Å²) < 4.78 is 7.20. The molecule has 0 aromatic carbocycles. The van der Waals surface area contributed by atoms with E-state index < -0.39 is 30.1 Å². The fourth-order valence-electron chi connectivity index (χ4n) is 3.97. The number of aromatic nitrogens is 4. The summed E-state index contributed by atoms with van der Waals surface area (Å²) >= 11 is 1.10. The number of nitrogens with one attached hydrogen (secondary N) is 1. The number of nitrogens with zero attached hydrogens (tertiary/aromatic N) is 6. The van der Waals surface area contributed by atoms with Crippen LogP contribution in [-0.4, -0.2) is 125 Å². The van der Waals surface area contributed by atoms with Crippen LogP contribution >= 0.6 is 11.8 Å².